The third-order valence-corrected chi connectivity index (χ3v) is 6.35. The van der Waals surface area contributed by atoms with Gasteiger partial charge < -0.3 is 4.90 Å². The fraction of sp³-hybridized carbons (Fsp3) is 0.286. The first-order valence-electron chi connectivity index (χ1n) is 8.93. The molecule has 0 saturated carbocycles. The second-order valence-corrected chi connectivity index (χ2v) is 7.98. The predicted octanol–water partition coefficient (Wildman–Crippen LogP) is 4.34. The summed E-state index contributed by atoms with van der Waals surface area (Å²) in [6.45, 7) is 3.77. The third kappa shape index (κ3) is 3.58. The molecule has 0 unspecified atom stereocenters. The van der Waals surface area contributed by atoms with Crippen molar-refractivity contribution in [1.29, 1.82) is 0 Å². The van der Waals surface area contributed by atoms with Crippen LogP contribution in [-0.2, 0) is 0 Å². The number of aryl methyl sites for hydroxylation is 1. The summed E-state index contributed by atoms with van der Waals surface area (Å²) in [5, 5.41) is 0.572. The first kappa shape index (κ1) is 17.0. The van der Waals surface area contributed by atoms with Crippen LogP contribution in [-0.4, -0.2) is 39.1 Å². The molecule has 0 spiro atoms. The average Bonchev–Trinajstić information content (AvgIpc) is 2.69. The van der Waals surface area contributed by atoms with E-state index in [1.165, 1.54) is 10.5 Å². The number of piperidine rings is 1. The smallest absolute Gasteiger partial charge is 0.253 e. The van der Waals surface area contributed by atoms with E-state index in [-0.39, 0.29) is 5.91 Å². The number of hydrogen-bond donors (Lipinski definition) is 0. The molecule has 1 fully saturated rings. The number of aromatic nitrogens is 2. The van der Waals surface area contributed by atoms with Crippen molar-refractivity contribution < 1.29 is 4.79 Å². The van der Waals surface area contributed by atoms with E-state index in [0.717, 1.165) is 37.0 Å². The summed E-state index contributed by atoms with van der Waals surface area (Å²) in [7, 11) is 0. The van der Waals surface area contributed by atoms with E-state index in [1.54, 1.807) is 12.4 Å². The van der Waals surface area contributed by atoms with Gasteiger partial charge in [0, 0.05) is 41.2 Å². The Balaban J connectivity index is 1.40. The Morgan fingerprint density at radius 3 is 2.54 bits per heavy atom. The van der Waals surface area contributed by atoms with Gasteiger partial charge in [0.15, 0.2) is 0 Å². The second-order valence-electron chi connectivity index (χ2n) is 6.63. The Bertz CT molecular complexity index is 935. The van der Waals surface area contributed by atoms with Crippen molar-refractivity contribution in [2.75, 3.05) is 13.1 Å². The van der Waals surface area contributed by atoms with Crippen LogP contribution in [0.15, 0.2) is 59.8 Å². The molecule has 4 nitrogen and oxygen atoms in total. The van der Waals surface area contributed by atoms with Gasteiger partial charge in [-0.25, -0.2) is 0 Å². The number of carbonyl (C=O) groups excluding carboxylic acids is 1. The number of rotatable bonds is 3. The first-order chi connectivity index (χ1) is 12.7. The zero-order valence-corrected chi connectivity index (χ0v) is 15.6. The molecule has 0 N–H and O–H groups in total. The summed E-state index contributed by atoms with van der Waals surface area (Å²) in [6, 6.07) is 14.1. The standard InChI is InChI=1S/C21H21N3OS/c1-15-4-2-3-5-20(15)26-17-8-12-24(13-9-17)21(25)16-6-7-18-19(14-16)23-11-10-22-18/h2-7,10-11,14,17H,8-9,12-13H2,1H3. The molecule has 1 amide bonds. The third-order valence-electron chi connectivity index (χ3n) is 4.83. The van der Waals surface area contributed by atoms with Crippen LogP contribution in [0.5, 0.6) is 0 Å². The van der Waals surface area contributed by atoms with Crippen LogP contribution < -0.4 is 0 Å². The quantitative estimate of drug-likeness (QED) is 0.695. The van der Waals surface area contributed by atoms with Crippen LogP contribution >= 0.6 is 11.8 Å². The van der Waals surface area contributed by atoms with Crippen LogP contribution in [0.2, 0.25) is 0 Å². The molecule has 1 aliphatic heterocycles. The minimum absolute atomic E-state index is 0.0943. The summed E-state index contributed by atoms with van der Waals surface area (Å²) in [5.41, 5.74) is 3.61. The number of fused-ring (bicyclic) bond motifs is 1. The Kier molecular flexibility index (Phi) is 4.89. The molecule has 132 valence electrons. The van der Waals surface area contributed by atoms with Crippen molar-refractivity contribution >= 4 is 28.7 Å². The number of benzene rings is 2. The highest BCUT2D eigenvalue weighted by Gasteiger charge is 2.24. The maximum Gasteiger partial charge on any atom is 0.253 e. The number of likely N-dealkylation sites (tertiary alicyclic amines) is 1. The molecule has 1 aromatic heterocycles. The predicted molar refractivity (Wildman–Crippen MR) is 105 cm³/mol. The largest absolute Gasteiger partial charge is 0.339 e. The lowest BCUT2D eigenvalue weighted by Gasteiger charge is -2.32. The van der Waals surface area contributed by atoms with Gasteiger partial charge in [0.25, 0.3) is 5.91 Å². The molecule has 2 heterocycles. The highest BCUT2D eigenvalue weighted by atomic mass is 32.2. The van der Waals surface area contributed by atoms with Crippen molar-refractivity contribution in [3.63, 3.8) is 0 Å². The number of carbonyl (C=O) groups is 1. The summed E-state index contributed by atoms with van der Waals surface area (Å²) in [6.07, 6.45) is 5.38. The molecule has 4 rings (SSSR count). The lowest BCUT2D eigenvalue weighted by Crippen LogP contribution is -2.39. The van der Waals surface area contributed by atoms with Crippen LogP contribution in [0.1, 0.15) is 28.8 Å². The van der Waals surface area contributed by atoms with E-state index in [9.17, 15) is 4.79 Å². The first-order valence-corrected chi connectivity index (χ1v) is 9.81. The van der Waals surface area contributed by atoms with Gasteiger partial charge in [-0.3, -0.25) is 14.8 Å². The molecule has 3 aromatic rings. The Morgan fingerprint density at radius 2 is 1.77 bits per heavy atom. The van der Waals surface area contributed by atoms with Crippen LogP contribution in [0.25, 0.3) is 11.0 Å². The van der Waals surface area contributed by atoms with Gasteiger partial charge in [0.2, 0.25) is 0 Å². The van der Waals surface area contributed by atoms with Crippen molar-refractivity contribution in [3.05, 3.63) is 66.0 Å². The molecule has 0 radical (unpaired) electrons. The summed E-state index contributed by atoms with van der Waals surface area (Å²) < 4.78 is 0. The zero-order chi connectivity index (χ0) is 17.9. The fourth-order valence-corrected chi connectivity index (χ4v) is 4.54. The summed E-state index contributed by atoms with van der Waals surface area (Å²) in [4.78, 5) is 24.7. The van der Waals surface area contributed by atoms with Gasteiger partial charge in [0.1, 0.15) is 0 Å². The summed E-state index contributed by atoms with van der Waals surface area (Å²) in [5.74, 6) is 0.0943. The van der Waals surface area contributed by atoms with E-state index in [4.69, 9.17) is 0 Å². The molecular formula is C21H21N3OS. The van der Waals surface area contributed by atoms with Gasteiger partial charge >= 0.3 is 0 Å². The highest BCUT2D eigenvalue weighted by molar-refractivity contribution is 8.00. The van der Waals surface area contributed by atoms with E-state index < -0.39 is 0 Å². The molecule has 0 atom stereocenters. The van der Waals surface area contributed by atoms with Crippen molar-refractivity contribution in [2.24, 2.45) is 0 Å². The average molecular weight is 363 g/mol. The van der Waals surface area contributed by atoms with E-state index in [2.05, 4.69) is 41.2 Å². The zero-order valence-electron chi connectivity index (χ0n) is 14.8. The van der Waals surface area contributed by atoms with Crippen molar-refractivity contribution in [3.8, 4) is 0 Å². The lowest BCUT2D eigenvalue weighted by molar-refractivity contribution is 0.0727. The SMILES string of the molecule is Cc1ccccc1SC1CCN(C(=O)c2ccc3nccnc3c2)CC1. The van der Waals surface area contributed by atoms with Crippen LogP contribution in [0, 0.1) is 6.92 Å². The van der Waals surface area contributed by atoms with Gasteiger partial charge in [-0.15, -0.1) is 11.8 Å². The fourth-order valence-electron chi connectivity index (χ4n) is 3.32. The maximum absolute atomic E-state index is 12.8. The maximum atomic E-state index is 12.8. The van der Waals surface area contributed by atoms with Gasteiger partial charge in [-0.1, -0.05) is 18.2 Å². The topological polar surface area (TPSA) is 46.1 Å². The number of amides is 1. The molecule has 2 aromatic carbocycles. The van der Waals surface area contributed by atoms with Crippen LogP contribution in [0.3, 0.4) is 0 Å². The normalized spacial score (nSPS) is 15.3. The van der Waals surface area contributed by atoms with Gasteiger partial charge in [0.05, 0.1) is 11.0 Å². The molecule has 26 heavy (non-hydrogen) atoms. The number of hydrogen-bond acceptors (Lipinski definition) is 4. The van der Waals surface area contributed by atoms with Crippen molar-refractivity contribution in [2.45, 2.75) is 29.9 Å². The Hall–Kier alpha value is -2.40. The van der Waals surface area contributed by atoms with E-state index in [1.807, 2.05) is 34.9 Å². The lowest BCUT2D eigenvalue weighted by atomic mass is 10.1. The monoisotopic (exact) mass is 363 g/mol. The second kappa shape index (κ2) is 7.46. The van der Waals surface area contributed by atoms with E-state index >= 15 is 0 Å². The molecule has 1 saturated heterocycles. The molecule has 1 aliphatic rings. The molecule has 5 heteroatoms. The Labute approximate surface area is 157 Å². The minimum atomic E-state index is 0.0943. The number of nitrogens with zero attached hydrogens (tertiary/aromatic N) is 3. The van der Waals surface area contributed by atoms with E-state index in [0.29, 0.717) is 10.8 Å². The van der Waals surface area contributed by atoms with Gasteiger partial charge in [-0.2, -0.15) is 0 Å². The Morgan fingerprint density at radius 1 is 1.04 bits per heavy atom. The highest BCUT2D eigenvalue weighted by Crippen LogP contribution is 2.32. The number of thioether (sulfide) groups is 1. The van der Waals surface area contributed by atoms with Crippen molar-refractivity contribution in [1.82, 2.24) is 14.9 Å². The molecule has 0 aliphatic carbocycles. The van der Waals surface area contributed by atoms with Gasteiger partial charge in [-0.05, 0) is 49.6 Å². The molecule has 0 bridgehead atoms. The molecular weight excluding hydrogens is 342 g/mol. The summed E-state index contributed by atoms with van der Waals surface area (Å²) >= 11 is 1.95. The minimum Gasteiger partial charge on any atom is -0.339 e. The van der Waals surface area contributed by atoms with Crippen LogP contribution in [0.4, 0.5) is 0 Å².